The molecule has 3 heteroatoms. The average molecular weight is 299 g/mol. The largest absolute Gasteiger partial charge is 0.508 e. The summed E-state index contributed by atoms with van der Waals surface area (Å²) in [4.78, 5) is 0. The number of rotatable bonds is 5. The van der Waals surface area contributed by atoms with Gasteiger partial charge in [0.15, 0.2) is 0 Å². The maximum Gasteiger partial charge on any atom is 0.120 e. The maximum atomic E-state index is 10.2. The molecule has 0 bridgehead atoms. The molecule has 2 aromatic rings. The lowest BCUT2D eigenvalue weighted by Crippen LogP contribution is -2.14. The van der Waals surface area contributed by atoms with Crippen LogP contribution in [0.25, 0.3) is 0 Å². The number of hydrogen-bond acceptors (Lipinski definition) is 3. The molecule has 0 aliphatic rings. The molecule has 0 aliphatic heterocycles. The molecule has 2 aromatic carbocycles. The Morgan fingerprint density at radius 1 is 1.05 bits per heavy atom. The van der Waals surface area contributed by atoms with E-state index >= 15 is 0 Å². The Morgan fingerprint density at radius 2 is 1.82 bits per heavy atom. The minimum Gasteiger partial charge on any atom is -0.508 e. The molecule has 0 radical (unpaired) electrons. The van der Waals surface area contributed by atoms with Crippen LogP contribution in [0.5, 0.6) is 11.5 Å². The number of nitrogens with one attached hydrogen (secondary N) is 1. The zero-order chi connectivity index (χ0) is 16.2. The van der Waals surface area contributed by atoms with Gasteiger partial charge in [-0.2, -0.15) is 0 Å². The molecule has 2 N–H and O–H groups in total. The first kappa shape index (κ1) is 16.4. The second kappa shape index (κ2) is 6.84. The highest BCUT2D eigenvalue weighted by molar-refractivity contribution is 5.39. The van der Waals surface area contributed by atoms with Gasteiger partial charge in [0.05, 0.1) is 7.11 Å². The van der Waals surface area contributed by atoms with E-state index in [-0.39, 0.29) is 5.41 Å². The van der Waals surface area contributed by atoms with Crippen LogP contribution in [-0.4, -0.2) is 12.2 Å². The van der Waals surface area contributed by atoms with E-state index in [0.29, 0.717) is 12.3 Å². The Kier molecular flexibility index (Phi) is 5.09. The van der Waals surface area contributed by atoms with E-state index in [1.54, 1.807) is 7.11 Å². The fourth-order valence-corrected chi connectivity index (χ4v) is 2.30. The molecule has 0 spiro atoms. The minimum absolute atomic E-state index is 0.0457. The molecule has 0 saturated carbocycles. The lowest BCUT2D eigenvalue weighted by atomic mass is 9.86. The van der Waals surface area contributed by atoms with Crippen LogP contribution >= 0.6 is 0 Å². The molecule has 0 saturated heterocycles. The highest BCUT2D eigenvalue weighted by atomic mass is 16.5. The quantitative estimate of drug-likeness (QED) is 0.877. The van der Waals surface area contributed by atoms with Crippen molar-refractivity contribution in [2.45, 2.75) is 39.3 Å². The molecule has 2 rings (SSSR count). The molecule has 0 aromatic heterocycles. The van der Waals surface area contributed by atoms with Crippen LogP contribution in [0.2, 0.25) is 0 Å². The zero-order valence-corrected chi connectivity index (χ0v) is 13.8. The molecule has 0 unspecified atom stereocenters. The van der Waals surface area contributed by atoms with E-state index in [0.717, 1.165) is 29.0 Å². The highest BCUT2D eigenvalue weighted by Gasteiger charge is 2.15. The first-order valence-electron chi connectivity index (χ1n) is 7.56. The van der Waals surface area contributed by atoms with Gasteiger partial charge in [-0.3, -0.25) is 0 Å². The highest BCUT2D eigenvalue weighted by Crippen LogP contribution is 2.27. The fraction of sp³-hybridized carbons (Fsp3) is 0.368. The normalized spacial score (nSPS) is 11.5. The SMILES string of the molecule is COc1cccc(CNCc2ccc(C(C)(C)C)cc2O)c1. The van der Waals surface area contributed by atoms with Crippen molar-refractivity contribution in [1.29, 1.82) is 0 Å². The van der Waals surface area contributed by atoms with Crippen molar-refractivity contribution in [1.82, 2.24) is 5.32 Å². The summed E-state index contributed by atoms with van der Waals surface area (Å²) in [6, 6.07) is 13.9. The molecule has 118 valence electrons. The number of phenolic OH excluding ortho intramolecular Hbond substituents is 1. The second-order valence-electron chi connectivity index (χ2n) is 6.55. The third-order valence-corrected chi connectivity index (χ3v) is 3.73. The summed E-state index contributed by atoms with van der Waals surface area (Å²) in [5.74, 6) is 1.21. The number of hydrogen-bond donors (Lipinski definition) is 2. The Bertz CT molecular complexity index is 630. The summed E-state index contributed by atoms with van der Waals surface area (Å²) in [5, 5.41) is 13.5. The molecule has 0 atom stereocenters. The van der Waals surface area contributed by atoms with Gasteiger partial charge in [0.1, 0.15) is 11.5 Å². The Balaban J connectivity index is 1.97. The van der Waals surface area contributed by atoms with Gasteiger partial charge in [-0.05, 0) is 34.7 Å². The van der Waals surface area contributed by atoms with Crippen molar-refractivity contribution in [2.75, 3.05) is 7.11 Å². The van der Waals surface area contributed by atoms with Crippen molar-refractivity contribution < 1.29 is 9.84 Å². The van der Waals surface area contributed by atoms with Gasteiger partial charge in [-0.25, -0.2) is 0 Å². The van der Waals surface area contributed by atoms with E-state index < -0.39 is 0 Å². The molecule has 22 heavy (non-hydrogen) atoms. The van der Waals surface area contributed by atoms with Crippen molar-refractivity contribution in [3.63, 3.8) is 0 Å². The smallest absolute Gasteiger partial charge is 0.120 e. The lowest BCUT2D eigenvalue weighted by Gasteiger charge is -2.20. The van der Waals surface area contributed by atoms with Gasteiger partial charge in [0.25, 0.3) is 0 Å². The predicted molar refractivity (Wildman–Crippen MR) is 90.3 cm³/mol. The van der Waals surface area contributed by atoms with Crippen LogP contribution in [0.3, 0.4) is 0 Å². The van der Waals surface area contributed by atoms with Crippen LogP contribution < -0.4 is 10.1 Å². The third kappa shape index (κ3) is 4.25. The first-order valence-corrected chi connectivity index (χ1v) is 7.56. The molecular formula is C19H25NO2. The second-order valence-corrected chi connectivity index (χ2v) is 6.55. The van der Waals surface area contributed by atoms with Gasteiger partial charge < -0.3 is 15.2 Å². The monoisotopic (exact) mass is 299 g/mol. The average Bonchev–Trinajstić information content (AvgIpc) is 2.48. The Morgan fingerprint density at radius 3 is 2.45 bits per heavy atom. The minimum atomic E-state index is 0.0457. The predicted octanol–water partition coefficient (Wildman–Crippen LogP) is 3.99. The lowest BCUT2D eigenvalue weighted by molar-refractivity contribution is 0.414. The summed E-state index contributed by atoms with van der Waals surface area (Å²) in [6.07, 6.45) is 0. The molecule has 0 amide bonds. The maximum absolute atomic E-state index is 10.2. The summed E-state index contributed by atoms with van der Waals surface area (Å²) in [7, 11) is 1.67. The standard InChI is InChI=1S/C19H25NO2/c1-19(2,3)16-9-8-15(18(21)11-16)13-20-12-14-6-5-7-17(10-14)22-4/h5-11,20-21H,12-13H2,1-4H3. The van der Waals surface area contributed by atoms with E-state index in [2.05, 4.69) is 38.2 Å². The number of ether oxygens (including phenoxy) is 1. The number of benzene rings is 2. The van der Waals surface area contributed by atoms with Gasteiger partial charge in [0, 0.05) is 18.7 Å². The summed E-state index contributed by atoms with van der Waals surface area (Å²) >= 11 is 0. The number of phenols is 1. The summed E-state index contributed by atoms with van der Waals surface area (Å²) in [5.41, 5.74) is 3.26. The van der Waals surface area contributed by atoms with E-state index in [1.165, 1.54) is 0 Å². The zero-order valence-electron chi connectivity index (χ0n) is 13.8. The van der Waals surface area contributed by atoms with Crippen molar-refractivity contribution in [3.8, 4) is 11.5 Å². The van der Waals surface area contributed by atoms with Gasteiger partial charge in [0.2, 0.25) is 0 Å². The van der Waals surface area contributed by atoms with Crippen molar-refractivity contribution in [2.24, 2.45) is 0 Å². The first-order chi connectivity index (χ1) is 10.4. The van der Waals surface area contributed by atoms with Gasteiger partial charge in [-0.1, -0.05) is 45.0 Å². The Hall–Kier alpha value is -2.00. The molecule has 3 nitrogen and oxygen atoms in total. The van der Waals surface area contributed by atoms with Crippen molar-refractivity contribution >= 4 is 0 Å². The van der Waals surface area contributed by atoms with Crippen LogP contribution in [0.1, 0.15) is 37.5 Å². The molecule has 0 fully saturated rings. The molecule has 0 aliphatic carbocycles. The number of aromatic hydroxyl groups is 1. The Labute approximate surface area is 133 Å². The van der Waals surface area contributed by atoms with E-state index in [1.807, 2.05) is 30.3 Å². The topological polar surface area (TPSA) is 41.5 Å². The summed E-state index contributed by atoms with van der Waals surface area (Å²) in [6.45, 7) is 7.79. The van der Waals surface area contributed by atoms with E-state index in [9.17, 15) is 5.11 Å². The van der Waals surface area contributed by atoms with Gasteiger partial charge >= 0.3 is 0 Å². The van der Waals surface area contributed by atoms with Crippen LogP contribution in [0, 0.1) is 0 Å². The third-order valence-electron chi connectivity index (χ3n) is 3.73. The van der Waals surface area contributed by atoms with Gasteiger partial charge in [-0.15, -0.1) is 0 Å². The molecular weight excluding hydrogens is 274 g/mol. The van der Waals surface area contributed by atoms with Crippen LogP contribution in [-0.2, 0) is 18.5 Å². The van der Waals surface area contributed by atoms with Crippen molar-refractivity contribution in [3.05, 3.63) is 59.2 Å². The van der Waals surface area contributed by atoms with E-state index in [4.69, 9.17) is 4.74 Å². The molecule has 0 heterocycles. The fourth-order valence-electron chi connectivity index (χ4n) is 2.30. The van der Waals surface area contributed by atoms with Crippen LogP contribution in [0.15, 0.2) is 42.5 Å². The number of methoxy groups -OCH3 is 1. The van der Waals surface area contributed by atoms with Crippen LogP contribution in [0.4, 0.5) is 0 Å². The summed E-state index contributed by atoms with van der Waals surface area (Å²) < 4.78 is 5.22.